The van der Waals surface area contributed by atoms with E-state index >= 15 is 0 Å². The minimum Gasteiger partial charge on any atom is -0.481 e. The Balaban J connectivity index is 1.41. The summed E-state index contributed by atoms with van der Waals surface area (Å²) in [5, 5.41) is 18.9. The molecular formula is C35H47N3O5. The molecule has 1 saturated carbocycles. The van der Waals surface area contributed by atoms with Crippen LogP contribution in [0.5, 0.6) is 0 Å². The van der Waals surface area contributed by atoms with Gasteiger partial charge in [-0.15, -0.1) is 5.10 Å². The first-order valence-electron chi connectivity index (χ1n) is 15.5. The number of nitrogens with one attached hydrogen (secondary N) is 1. The molecule has 2 unspecified atom stereocenters. The van der Waals surface area contributed by atoms with E-state index in [9.17, 15) is 19.5 Å². The Labute approximate surface area is 255 Å². The zero-order valence-corrected chi connectivity index (χ0v) is 26.3. The van der Waals surface area contributed by atoms with Crippen LogP contribution in [0.3, 0.4) is 0 Å². The van der Waals surface area contributed by atoms with Gasteiger partial charge in [-0.25, -0.2) is 5.01 Å². The van der Waals surface area contributed by atoms with Gasteiger partial charge in [0.2, 0.25) is 11.8 Å². The largest absolute Gasteiger partial charge is 0.481 e. The molecule has 232 valence electrons. The third-order valence-corrected chi connectivity index (χ3v) is 9.11. The van der Waals surface area contributed by atoms with Crippen LogP contribution >= 0.6 is 0 Å². The van der Waals surface area contributed by atoms with Crippen LogP contribution in [-0.4, -0.2) is 46.9 Å². The summed E-state index contributed by atoms with van der Waals surface area (Å²) in [5.74, 6) is -0.509. The van der Waals surface area contributed by atoms with Crippen molar-refractivity contribution in [3.63, 3.8) is 0 Å². The van der Waals surface area contributed by atoms with E-state index in [0.717, 1.165) is 55.2 Å². The molecule has 2 atom stereocenters. The van der Waals surface area contributed by atoms with Gasteiger partial charge in [0, 0.05) is 12.1 Å². The van der Waals surface area contributed by atoms with Gasteiger partial charge in [0.15, 0.2) is 6.61 Å². The number of hydrazone groups is 1. The first-order valence-corrected chi connectivity index (χ1v) is 15.5. The minimum absolute atomic E-state index is 0.0287. The maximum atomic E-state index is 13.6. The van der Waals surface area contributed by atoms with Gasteiger partial charge in [0.1, 0.15) is 0 Å². The average Bonchev–Trinajstić information content (AvgIpc) is 3.49. The Bertz CT molecular complexity index is 1290. The molecule has 2 N–H and O–H groups in total. The number of hydrogen-bond acceptors (Lipinski definition) is 5. The van der Waals surface area contributed by atoms with Crippen LogP contribution in [0.15, 0.2) is 59.7 Å². The standard InChI is InChI=1S/C35H47N3O5/c1-34(2,3)28(35(4,5)33(41)42)16-11-21-36-31(40)30(25-12-9-10-13-25)26-19-17-24(18-20-26)22-38-29(39)23-43-32(37-38)27-14-7-6-8-15-27/h6-8,14-15,17-20,25,28,30H,9-13,16,21-23H2,1-5H3,(H,36,40)(H,41,42). The zero-order chi connectivity index (χ0) is 31.2. The summed E-state index contributed by atoms with van der Waals surface area (Å²) in [7, 11) is 0. The molecule has 0 bridgehead atoms. The number of rotatable bonds is 12. The molecule has 1 fully saturated rings. The Morgan fingerprint density at radius 2 is 1.67 bits per heavy atom. The molecule has 2 aromatic rings. The Kier molecular flexibility index (Phi) is 10.3. The summed E-state index contributed by atoms with van der Waals surface area (Å²) >= 11 is 0. The molecule has 0 aromatic heterocycles. The van der Waals surface area contributed by atoms with E-state index in [-0.39, 0.29) is 41.6 Å². The quantitative estimate of drug-likeness (QED) is 0.281. The van der Waals surface area contributed by atoms with Gasteiger partial charge in [-0.2, -0.15) is 0 Å². The highest BCUT2D eigenvalue weighted by molar-refractivity contribution is 5.97. The summed E-state index contributed by atoms with van der Waals surface area (Å²) in [6.45, 7) is 10.6. The van der Waals surface area contributed by atoms with E-state index < -0.39 is 11.4 Å². The van der Waals surface area contributed by atoms with E-state index in [1.807, 2.05) is 54.6 Å². The van der Waals surface area contributed by atoms with Gasteiger partial charge in [-0.05, 0) is 80.0 Å². The van der Waals surface area contributed by atoms with E-state index in [1.165, 1.54) is 5.01 Å². The first-order chi connectivity index (χ1) is 20.4. The van der Waals surface area contributed by atoms with Crippen LogP contribution < -0.4 is 5.32 Å². The molecule has 4 rings (SSSR count). The average molecular weight is 590 g/mol. The summed E-state index contributed by atoms with van der Waals surface area (Å²) in [6.07, 6.45) is 5.76. The highest BCUT2D eigenvalue weighted by Crippen LogP contribution is 2.43. The second-order valence-corrected chi connectivity index (χ2v) is 13.7. The van der Waals surface area contributed by atoms with Crippen LogP contribution in [0.2, 0.25) is 0 Å². The molecule has 8 nitrogen and oxygen atoms in total. The summed E-state index contributed by atoms with van der Waals surface area (Å²) in [5.41, 5.74) is 1.71. The highest BCUT2D eigenvalue weighted by atomic mass is 16.5. The lowest BCUT2D eigenvalue weighted by molar-refractivity contribution is -0.153. The molecular weight excluding hydrogens is 542 g/mol. The molecule has 1 heterocycles. The van der Waals surface area contributed by atoms with Gasteiger partial charge >= 0.3 is 5.97 Å². The van der Waals surface area contributed by atoms with Crippen LogP contribution in [0, 0.1) is 22.7 Å². The number of carbonyl (C=O) groups excluding carboxylic acids is 2. The monoisotopic (exact) mass is 589 g/mol. The van der Waals surface area contributed by atoms with E-state index in [2.05, 4.69) is 31.2 Å². The Morgan fingerprint density at radius 3 is 2.28 bits per heavy atom. The lowest BCUT2D eigenvalue weighted by Crippen LogP contribution is -2.41. The number of carboxylic acids is 1. The van der Waals surface area contributed by atoms with Gasteiger partial charge in [-0.1, -0.05) is 76.1 Å². The fraction of sp³-hybridized carbons (Fsp3) is 0.543. The predicted octanol–water partition coefficient (Wildman–Crippen LogP) is 6.35. The molecule has 0 saturated heterocycles. The number of benzene rings is 2. The minimum atomic E-state index is -0.851. The third-order valence-electron chi connectivity index (χ3n) is 9.11. The molecule has 1 aliphatic carbocycles. The topological polar surface area (TPSA) is 108 Å². The van der Waals surface area contributed by atoms with Gasteiger partial charge in [0.25, 0.3) is 5.91 Å². The van der Waals surface area contributed by atoms with Crippen molar-refractivity contribution in [3.8, 4) is 0 Å². The number of aliphatic carboxylic acids is 1. The molecule has 43 heavy (non-hydrogen) atoms. The van der Waals surface area contributed by atoms with Gasteiger partial charge < -0.3 is 15.2 Å². The number of carboxylic acid groups (broad SMARTS) is 1. The summed E-state index contributed by atoms with van der Waals surface area (Å²) in [6, 6.07) is 17.5. The molecule has 2 amide bonds. The SMILES string of the molecule is CC(C)(C)C(CCCNC(=O)C(c1ccc(CN2N=C(c3ccccc3)OCC2=O)cc1)C1CCCC1)C(C)(C)C(=O)O. The summed E-state index contributed by atoms with van der Waals surface area (Å²) in [4.78, 5) is 38.1. The number of ether oxygens (including phenoxy) is 1. The molecule has 2 aromatic carbocycles. The van der Waals surface area contributed by atoms with Crippen molar-refractivity contribution in [2.75, 3.05) is 13.2 Å². The second-order valence-electron chi connectivity index (χ2n) is 13.7. The van der Waals surface area contributed by atoms with Gasteiger partial charge in [0.05, 0.1) is 17.9 Å². The van der Waals surface area contributed by atoms with E-state index in [4.69, 9.17) is 4.74 Å². The fourth-order valence-corrected chi connectivity index (χ4v) is 6.83. The lowest BCUT2D eigenvalue weighted by Gasteiger charge is -2.40. The number of hydrogen-bond donors (Lipinski definition) is 2. The van der Waals surface area contributed by atoms with Crippen molar-refractivity contribution in [1.82, 2.24) is 10.3 Å². The van der Waals surface area contributed by atoms with Crippen molar-refractivity contribution >= 4 is 23.7 Å². The van der Waals surface area contributed by atoms with Crippen LogP contribution in [0.4, 0.5) is 0 Å². The molecule has 1 aliphatic heterocycles. The predicted molar refractivity (Wildman–Crippen MR) is 167 cm³/mol. The molecule has 2 aliphatic rings. The fourth-order valence-electron chi connectivity index (χ4n) is 6.83. The van der Waals surface area contributed by atoms with Crippen molar-refractivity contribution in [2.24, 2.45) is 27.8 Å². The van der Waals surface area contributed by atoms with E-state index in [1.54, 1.807) is 13.8 Å². The smallest absolute Gasteiger partial charge is 0.309 e. The van der Waals surface area contributed by atoms with E-state index in [0.29, 0.717) is 19.0 Å². The zero-order valence-electron chi connectivity index (χ0n) is 26.3. The molecule has 0 spiro atoms. The Hall–Kier alpha value is -3.68. The first kappa shape index (κ1) is 32.2. The van der Waals surface area contributed by atoms with Gasteiger partial charge in [-0.3, -0.25) is 14.4 Å². The van der Waals surface area contributed by atoms with Crippen LogP contribution in [0.25, 0.3) is 0 Å². The van der Waals surface area contributed by atoms with Crippen molar-refractivity contribution in [3.05, 3.63) is 71.3 Å². The van der Waals surface area contributed by atoms with Crippen molar-refractivity contribution < 1.29 is 24.2 Å². The molecule has 0 radical (unpaired) electrons. The third kappa shape index (κ3) is 8.03. The normalized spacial score (nSPS) is 17.7. The van der Waals surface area contributed by atoms with Crippen LogP contribution in [-0.2, 0) is 25.7 Å². The number of amides is 2. The Morgan fingerprint density at radius 1 is 1.02 bits per heavy atom. The van der Waals surface area contributed by atoms with Crippen molar-refractivity contribution in [2.45, 2.75) is 85.6 Å². The van der Waals surface area contributed by atoms with Crippen LogP contribution in [0.1, 0.15) is 95.8 Å². The summed E-state index contributed by atoms with van der Waals surface area (Å²) < 4.78 is 5.56. The number of nitrogens with zero attached hydrogens (tertiary/aromatic N) is 2. The maximum absolute atomic E-state index is 13.6. The second kappa shape index (κ2) is 13.7. The lowest BCUT2D eigenvalue weighted by atomic mass is 9.64. The van der Waals surface area contributed by atoms with Crippen molar-refractivity contribution in [1.29, 1.82) is 0 Å². The highest BCUT2D eigenvalue weighted by Gasteiger charge is 2.42. The maximum Gasteiger partial charge on any atom is 0.309 e. The number of carbonyl (C=O) groups is 3. The molecule has 8 heteroatoms.